The van der Waals surface area contributed by atoms with Crippen LogP contribution in [-0.4, -0.2) is 30.4 Å². The molecule has 0 saturated carbocycles. The van der Waals surface area contributed by atoms with Crippen LogP contribution in [-0.2, 0) is 11.3 Å². The highest BCUT2D eigenvalue weighted by Crippen LogP contribution is 2.15. The lowest BCUT2D eigenvalue weighted by atomic mass is 10.0. The lowest BCUT2D eigenvalue weighted by molar-refractivity contribution is -0.131. The summed E-state index contributed by atoms with van der Waals surface area (Å²) in [7, 11) is 0. The van der Waals surface area contributed by atoms with Crippen LogP contribution in [0.4, 0.5) is 0 Å². The number of benzene rings is 1. The first kappa shape index (κ1) is 13.1. The molecule has 1 unspecified atom stereocenters. The molecule has 1 fully saturated rings. The minimum absolute atomic E-state index is 0.234. The van der Waals surface area contributed by atoms with E-state index in [2.05, 4.69) is 24.4 Å². The fraction of sp³-hybridized carbons (Fsp3) is 0.533. The van der Waals surface area contributed by atoms with Crippen LogP contribution in [0, 0.1) is 5.92 Å². The van der Waals surface area contributed by atoms with Crippen LogP contribution in [0.15, 0.2) is 30.3 Å². The number of hydrogen-bond acceptors (Lipinski definition) is 2. The van der Waals surface area contributed by atoms with Crippen LogP contribution in [0.2, 0.25) is 0 Å². The molecule has 0 radical (unpaired) electrons. The van der Waals surface area contributed by atoms with E-state index < -0.39 is 0 Å². The Kier molecular flexibility index (Phi) is 4.76. The number of nitrogens with zero attached hydrogens (tertiary/aromatic N) is 1. The van der Waals surface area contributed by atoms with Gasteiger partial charge in [0.2, 0.25) is 5.91 Å². The van der Waals surface area contributed by atoms with Crippen molar-refractivity contribution in [1.82, 2.24) is 10.2 Å². The third-order valence-corrected chi connectivity index (χ3v) is 3.46. The Morgan fingerprint density at radius 3 is 2.89 bits per heavy atom. The van der Waals surface area contributed by atoms with Crippen molar-refractivity contribution >= 4 is 5.91 Å². The minimum Gasteiger partial charge on any atom is -0.341 e. The van der Waals surface area contributed by atoms with E-state index in [-0.39, 0.29) is 5.91 Å². The predicted molar refractivity (Wildman–Crippen MR) is 73.1 cm³/mol. The van der Waals surface area contributed by atoms with Gasteiger partial charge in [0.15, 0.2) is 0 Å². The molecule has 1 N–H and O–H groups in total. The minimum atomic E-state index is 0.234. The Balaban J connectivity index is 1.71. The van der Waals surface area contributed by atoms with Gasteiger partial charge >= 0.3 is 0 Å². The first-order chi connectivity index (χ1) is 8.75. The molecule has 1 aromatic carbocycles. The molecule has 1 saturated heterocycles. The Bertz CT molecular complexity index is 377. The predicted octanol–water partition coefficient (Wildman–Crippen LogP) is 2.03. The van der Waals surface area contributed by atoms with Gasteiger partial charge in [0, 0.05) is 19.6 Å². The van der Waals surface area contributed by atoms with Crippen molar-refractivity contribution in [1.29, 1.82) is 0 Å². The van der Waals surface area contributed by atoms with E-state index >= 15 is 0 Å². The average Bonchev–Trinajstić information content (AvgIpc) is 2.40. The second-order valence-electron chi connectivity index (χ2n) is 5.18. The summed E-state index contributed by atoms with van der Waals surface area (Å²) >= 11 is 0. The van der Waals surface area contributed by atoms with Crippen molar-refractivity contribution in [3.8, 4) is 0 Å². The van der Waals surface area contributed by atoms with Crippen molar-refractivity contribution in [2.45, 2.75) is 26.3 Å². The lowest BCUT2D eigenvalue weighted by Crippen LogP contribution is -2.43. The Morgan fingerprint density at radius 2 is 2.17 bits per heavy atom. The molecule has 0 aromatic heterocycles. The molecule has 98 valence electrons. The maximum Gasteiger partial charge on any atom is 0.236 e. The van der Waals surface area contributed by atoms with Gasteiger partial charge in [-0.25, -0.2) is 0 Å². The molecule has 1 aliphatic rings. The van der Waals surface area contributed by atoms with Crippen molar-refractivity contribution in [3.05, 3.63) is 35.9 Å². The summed E-state index contributed by atoms with van der Waals surface area (Å²) in [6, 6.07) is 10.2. The molecular formula is C15H22N2O. The van der Waals surface area contributed by atoms with E-state index in [1.165, 1.54) is 12.0 Å². The Labute approximate surface area is 109 Å². The molecule has 1 atom stereocenters. The number of rotatable bonds is 4. The summed E-state index contributed by atoms with van der Waals surface area (Å²) < 4.78 is 0. The van der Waals surface area contributed by atoms with Crippen molar-refractivity contribution < 1.29 is 4.79 Å². The molecule has 2 rings (SSSR count). The zero-order valence-electron chi connectivity index (χ0n) is 11.1. The number of likely N-dealkylation sites (tertiary alicyclic amines) is 1. The van der Waals surface area contributed by atoms with E-state index in [0.717, 1.165) is 26.1 Å². The number of hydrogen-bond donors (Lipinski definition) is 1. The van der Waals surface area contributed by atoms with Gasteiger partial charge in [0.25, 0.3) is 0 Å². The summed E-state index contributed by atoms with van der Waals surface area (Å²) in [6.07, 6.45) is 2.40. The van der Waals surface area contributed by atoms with Gasteiger partial charge < -0.3 is 10.2 Å². The molecule has 3 heteroatoms. The van der Waals surface area contributed by atoms with Crippen molar-refractivity contribution in [3.63, 3.8) is 0 Å². The van der Waals surface area contributed by atoms with Gasteiger partial charge in [-0.05, 0) is 24.3 Å². The molecule has 18 heavy (non-hydrogen) atoms. The van der Waals surface area contributed by atoms with Crippen molar-refractivity contribution in [2.75, 3.05) is 19.6 Å². The zero-order valence-corrected chi connectivity index (χ0v) is 11.1. The molecule has 0 spiro atoms. The van der Waals surface area contributed by atoms with Gasteiger partial charge in [0.05, 0.1) is 6.54 Å². The number of carbonyl (C=O) groups is 1. The molecule has 1 heterocycles. The highest BCUT2D eigenvalue weighted by molar-refractivity contribution is 5.78. The number of piperidine rings is 1. The van der Waals surface area contributed by atoms with Crippen LogP contribution in [0.5, 0.6) is 0 Å². The number of amides is 1. The second-order valence-corrected chi connectivity index (χ2v) is 5.18. The van der Waals surface area contributed by atoms with Crippen LogP contribution >= 0.6 is 0 Å². The van der Waals surface area contributed by atoms with Crippen LogP contribution in [0.1, 0.15) is 25.3 Å². The highest BCUT2D eigenvalue weighted by atomic mass is 16.2. The summed E-state index contributed by atoms with van der Waals surface area (Å²) in [6.45, 7) is 5.27. The van der Waals surface area contributed by atoms with Gasteiger partial charge in [-0.2, -0.15) is 0 Å². The van der Waals surface area contributed by atoms with Gasteiger partial charge in [-0.3, -0.25) is 4.79 Å². The quantitative estimate of drug-likeness (QED) is 0.881. The topological polar surface area (TPSA) is 32.3 Å². The molecular weight excluding hydrogens is 224 g/mol. The summed E-state index contributed by atoms with van der Waals surface area (Å²) in [5, 5.41) is 3.22. The summed E-state index contributed by atoms with van der Waals surface area (Å²) in [4.78, 5) is 14.0. The Morgan fingerprint density at radius 1 is 1.39 bits per heavy atom. The van der Waals surface area contributed by atoms with E-state index in [0.29, 0.717) is 12.5 Å². The third kappa shape index (κ3) is 3.84. The first-order valence-electron chi connectivity index (χ1n) is 6.78. The van der Waals surface area contributed by atoms with Crippen LogP contribution in [0.25, 0.3) is 0 Å². The second kappa shape index (κ2) is 6.55. The lowest BCUT2D eigenvalue weighted by Gasteiger charge is -2.31. The fourth-order valence-electron chi connectivity index (χ4n) is 2.44. The Hall–Kier alpha value is -1.35. The molecule has 1 aromatic rings. The first-order valence-corrected chi connectivity index (χ1v) is 6.78. The monoisotopic (exact) mass is 246 g/mol. The molecule has 1 aliphatic heterocycles. The highest BCUT2D eigenvalue weighted by Gasteiger charge is 2.20. The van der Waals surface area contributed by atoms with Gasteiger partial charge in [-0.15, -0.1) is 0 Å². The van der Waals surface area contributed by atoms with Gasteiger partial charge in [0.1, 0.15) is 0 Å². The maximum atomic E-state index is 12.0. The number of carbonyl (C=O) groups excluding carboxylic acids is 1. The SMILES string of the molecule is CC1CCCN(C(=O)CNCc2ccccc2)C1. The average molecular weight is 246 g/mol. The molecule has 0 aliphatic carbocycles. The summed E-state index contributed by atoms with van der Waals surface area (Å²) in [5.41, 5.74) is 1.22. The summed E-state index contributed by atoms with van der Waals surface area (Å²) in [5.74, 6) is 0.884. The fourth-order valence-corrected chi connectivity index (χ4v) is 2.44. The largest absolute Gasteiger partial charge is 0.341 e. The standard InChI is InChI=1S/C15H22N2O/c1-13-6-5-9-17(12-13)15(18)11-16-10-14-7-3-2-4-8-14/h2-4,7-8,13,16H,5-6,9-12H2,1H3. The van der Waals surface area contributed by atoms with Crippen molar-refractivity contribution in [2.24, 2.45) is 5.92 Å². The molecule has 1 amide bonds. The van der Waals surface area contributed by atoms with E-state index in [9.17, 15) is 4.79 Å². The van der Waals surface area contributed by atoms with E-state index in [1.807, 2.05) is 23.1 Å². The normalized spacial score (nSPS) is 19.8. The van der Waals surface area contributed by atoms with Gasteiger partial charge in [-0.1, -0.05) is 37.3 Å². The zero-order chi connectivity index (χ0) is 12.8. The number of nitrogens with one attached hydrogen (secondary N) is 1. The third-order valence-electron chi connectivity index (χ3n) is 3.46. The van der Waals surface area contributed by atoms with Crippen LogP contribution in [0.3, 0.4) is 0 Å². The van der Waals surface area contributed by atoms with E-state index in [1.54, 1.807) is 0 Å². The smallest absolute Gasteiger partial charge is 0.236 e. The van der Waals surface area contributed by atoms with Crippen LogP contribution < -0.4 is 5.32 Å². The molecule has 0 bridgehead atoms. The molecule has 3 nitrogen and oxygen atoms in total. The maximum absolute atomic E-state index is 12.0. The van der Waals surface area contributed by atoms with E-state index in [4.69, 9.17) is 0 Å².